The molecule has 0 amide bonds. The molecule has 1 aromatic heterocycles. The number of nitrogen functional groups attached to an aromatic ring is 1. The molecule has 0 aliphatic heterocycles. The molecule has 0 radical (unpaired) electrons. The first-order valence-corrected chi connectivity index (χ1v) is 8.05. The lowest BCUT2D eigenvalue weighted by molar-refractivity contribution is 0.161. The molecule has 0 saturated carbocycles. The largest absolute Gasteiger partial charge is 0.384 e. The van der Waals surface area contributed by atoms with Crippen LogP contribution in [0.2, 0.25) is 0 Å². The van der Waals surface area contributed by atoms with Gasteiger partial charge in [0.2, 0.25) is 10.0 Å². The van der Waals surface area contributed by atoms with E-state index >= 15 is 0 Å². The van der Waals surface area contributed by atoms with Crippen LogP contribution in [0.15, 0.2) is 35.2 Å². The van der Waals surface area contributed by atoms with E-state index in [1.165, 1.54) is 6.07 Å². The molecule has 6 nitrogen and oxygen atoms in total. The first kappa shape index (κ1) is 15.7. The monoisotopic (exact) mass is 309 g/mol. The Hall–Kier alpha value is -1.70. The Labute approximate surface area is 124 Å². The minimum atomic E-state index is -3.54. The number of sulfonamides is 1. The van der Waals surface area contributed by atoms with Crippen molar-refractivity contribution in [1.29, 1.82) is 0 Å². The van der Waals surface area contributed by atoms with Crippen LogP contribution in [0.3, 0.4) is 0 Å². The Morgan fingerprint density at radius 3 is 2.81 bits per heavy atom. The van der Waals surface area contributed by atoms with E-state index in [0.29, 0.717) is 24.5 Å². The zero-order valence-electron chi connectivity index (χ0n) is 12.0. The molecule has 1 aromatic carbocycles. The van der Waals surface area contributed by atoms with E-state index in [4.69, 9.17) is 10.5 Å². The van der Waals surface area contributed by atoms with Crippen LogP contribution in [0.1, 0.15) is 6.92 Å². The van der Waals surface area contributed by atoms with Crippen LogP contribution in [-0.2, 0) is 14.8 Å². The molecule has 2 aromatic rings. The third kappa shape index (κ3) is 3.90. The fourth-order valence-corrected chi connectivity index (χ4v) is 3.17. The van der Waals surface area contributed by atoms with Crippen molar-refractivity contribution in [2.75, 3.05) is 26.0 Å². The normalized spacial score (nSPS) is 13.4. The van der Waals surface area contributed by atoms with Crippen molar-refractivity contribution in [3.05, 3.63) is 30.3 Å². The van der Waals surface area contributed by atoms with Gasteiger partial charge < -0.3 is 10.5 Å². The number of hydrogen-bond donors (Lipinski definition) is 2. The van der Waals surface area contributed by atoms with Crippen molar-refractivity contribution in [2.24, 2.45) is 5.92 Å². The second-order valence-corrected chi connectivity index (χ2v) is 6.77. The Kier molecular flexibility index (Phi) is 4.76. The van der Waals surface area contributed by atoms with Gasteiger partial charge in [-0.15, -0.1) is 0 Å². The lowest BCUT2D eigenvalue weighted by Crippen LogP contribution is -2.30. The Bertz CT molecular complexity index is 731. The van der Waals surface area contributed by atoms with Gasteiger partial charge in [0.05, 0.1) is 10.4 Å². The number of methoxy groups -OCH3 is 1. The third-order valence-electron chi connectivity index (χ3n) is 3.07. The van der Waals surface area contributed by atoms with Crippen LogP contribution < -0.4 is 10.5 Å². The van der Waals surface area contributed by atoms with E-state index < -0.39 is 10.0 Å². The van der Waals surface area contributed by atoms with Gasteiger partial charge in [-0.2, -0.15) is 0 Å². The summed E-state index contributed by atoms with van der Waals surface area (Å²) in [5.41, 5.74) is 6.27. The summed E-state index contributed by atoms with van der Waals surface area (Å²) in [6.45, 7) is 2.75. The van der Waals surface area contributed by atoms with Gasteiger partial charge in [0.15, 0.2) is 0 Å². The lowest BCUT2D eigenvalue weighted by atomic mass is 10.2. The van der Waals surface area contributed by atoms with E-state index in [-0.39, 0.29) is 10.8 Å². The van der Waals surface area contributed by atoms with Crippen LogP contribution in [0.25, 0.3) is 10.9 Å². The molecule has 0 bridgehead atoms. The van der Waals surface area contributed by atoms with Crippen molar-refractivity contribution in [3.8, 4) is 0 Å². The Morgan fingerprint density at radius 2 is 2.10 bits per heavy atom. The van der Waals surface area contributed by atoms with Crippen LogP contribution in [0.5, 0.6) is 0 Å². The van der Waals surface area contributed by atoms with Gasteiger partial charge in [-0.1, -0.05) is 6.92 Å². The number of benzene rings is 1. The Balaban J connectivity index is 2.22. The quantitative estimate of drug-likeness (QED) is 0.840. The highest BCUT2D eigenvalue weighted by atomic mass is 32.2. The van der Waals surface area contributed by atoms with Crippen LogP contribution in [0, 0.1) is 5.92 Å². The van der Waals surface area contributed by atoms with Crippen molar-refractivity contribution in [2.45, 2.75) is 11.8 Å². The number of nitrogens with two attached hydrogens (primary N) is 1. The number of nitrogens with zero attached hydrogens (tertiary/aromatic N) is 1. The highest BCUT2D eigenvalue weighted by molar-refractivity contribution is 7.89. The molecule has 0 spiro atoms. The number of anilines is 1. The summed E-state index contributed by atoms with van der Waals surface area (Å²) in [4.78, 5) is 4.36. The first-order valence-electron chi connectivity index (χ1n) is 6.57. The maximum absolute atomic E-state index is 12.3. The Morgan fingerprint density at radius 1 is 1.33 bits per heavy atom. The van der Waals surface area contributed by atoms with Gasteiger partial charge in [-0.3, -0.25) is 0 Å². The number of fused-ring (bicyclic) bond motifs is 1. The number of nitrogens with one attached hydrogen (secondary N) is 1. The van der Waals surface area contributed by atoms with E-state index in [2.05, 4.69) is 9.71 Å². The molecule has 0 aliphatic carbocycles. The second kappa shape index (κ2) is 6.38. The number of rotatable bonds is 6. The summed E-state index contributed by atoms with van der Waals surface area (Å²) >= 11 is 0. The first-order chi connectivity index (χ1) is 9.92. The fourth-order valence-electron chi connectivity index (χ4n) is 1.97. The molecule has 3 N–H and O–H groups in total. The summed E-state index contributed by atoms with van der Waals surface area (Å²) in [5, 5.41) is 0.733. The highest BCUT2D eigenvalue weighted by Gasteiger charge is 2.15. The van der Waals surface area contributed by atoms with Crippen molar-refractivity contribution in [1.82, 2.24) is 9.71 Å². The number of pyridine rings is 1. The number of ether oxygens (including phenoxy) is 1. The minimum Gasteiger partial charge on any atom is -0.384 e. The average Bonchev–Trinajstić information content (AvgIpc) is 2.45. The molecule has 21 heavy (non-hydrogen) atoms. The standard InChI is InChI=1S/C14H19N3O3S/c1-10(9-20-2)8-16-21(18,19)12-4-5-13-11(7-12)3-6-14(15)17-13/h3-7,10,16H,8-9H2,1-2H3,(H2,15,17). The smallest absolute Gasteiger partial charge is 0.240 e. The average molecular weight is 309 g/mol. The summed E-state index contributed by atoms with van der Waals surface area (Å²) < 4.78 is 32.1. The molecule has 0 aliphatic rings. The lowest BCUT2D eigenvalue weighted by Gasteiger charge is -2.12. The molecule has 1 unspecified atom stereocenters. The minimum absolute atomic E-state index is 0.103. The zero-order valence-corrected chi connectivity index (χ0v) is 12.9. The van der Waals surface area contributed by atoms with Crippen molar-refractivity contribution < 1.29 is 13.2 Å². The summed E-state index contributed by atoms with van der Waals surface area (Å²) in [7, 11) is -1.95. The predicted molar refractivity (Wildman–Crippen MR) is 82.4 cm³/mol. The number of aromatic nitrogens is 1. The molecule has 0 saturated heterocycles. The molecule has 0 fully saturated rings. The SMILES string of the molecule is COCC(C)CNS(=O)(=O)c1ccc2nc(N)ccc2c1. The fraction of sp³-hybridized carbons (Fsp3) is 0.357. The molecule has 7 heteroatoms. The number of hydrogen-bond acceptors (Lipinski definition) is 5. The van der Waals surface area contributed by atoms with E-state index in [1.54, 1.807) is 31.4 Å². The van der Waals surface area contributed by atoms with Gasteiger partial charge in [0.25, 0.3) is 0 Å². The van der Waals surface area contributed by atoms with Crippen molar-refractivity contribution >= 4 is 26.7 Å². The summed E-state index contributed by atoms with van der Waals surface area (Å²) in [6, 6.07) is 8.17. The maximum atomic E-state index is 12.3. The highest BCUT2D eigenvalue weighted by Crippen LogP contribution is 2.18. The zero-order chi connectivity index (χ0) is 15.5. The van der Waals surface area contributed by atoms with Gasteiger partial charge in [-0.25, -0.2) is 18.1 Å². The summed E-state index contributed by atoms with van der Waals surface area (Å²) in [6.07, 6.45) is 0. The molecular formula is C14H19N3O3S. The molecule has 2 rings (SSSR count). The topological polar surface area (TPSA) is 94.3 Å². The van der Waals surface area contributed by atoms with E-state index in [9.17, 15) is 8.42 Å². The third-order valence-corrected chi connectivity index (χ3v) is 4.49. The van der Waals surface area contributed by atoms with Crippen LogP contribution in [-0.4, -0.2) is 33.7 Å². The predicted octanol–water partition coefficient (Wildman–Crippen LogP) is 1.38. The van der Waals surface area contributed by atoms with E-state index in [1.807, 2.05) is 6.92 Å². The molecule has 1 heterocycles. The van der Waals surface area contributed by atoms with Crippen LogP contribution in [0.4, 0.5) is 5.82 Å². The van der Waals surface area contributed by atoms with Crippen molar-refractivity contribution in [3.63, 3.8) is 0 Å². The second-order valence-electron chi connectivity index (χ2n) is 5.00. The van der Waals surface area contributed by atoms with Gasteiger partial charge in [0.1, 0.15) is 5.82 Å². The van der Waals surface area contributed by atoms with Gasteiger partial charge in [0, 0.05) is 25.6 Å². The molecular weight excluding hydrogens is 290 g/mol. The van der Waals surface area contributed by atoms with E-state index in [0.717, 1.165) is 5.39 Å². The van der Waals surface area contributed by atoms with Gasteiger partial charge >= 0.3 is 0 Å². The maximum Gasteiger partial charge on any atom is 0.240 e. The molecule has 1 atom stereocenters. The van der Waals surface area contributed by atoms with Crippen LogP contribution >= 0.6 is 0 Å². The van der Waals surface area contributed by atoms with Gasteiger partial charge in [-0.05, 0) is 36.2 Å². The summed E-state index contributed by atoms with van der Waals surface area (Å²) in [5.74, 6) is 0.510. The molecule has 114 valence electrons.